The molecule has 0 saturated heterocycles. The number of rotatable bonds is 1. The minimum atomic E-state index is -0.417. The van der Waals surface area contributed by atoms with Crippen LogP contribution in [0.15, 0.2) is 30.3 Å². The van der Waals surface area contributed by atoms with Crippen molar-refractivity contribution in [3.63, 3.8) is 0 Å². The highest BCUT2D eigenvalue weighted by atomic mass is 16.6. The van der Waals surface area contributed by atoms with Crippen molar-refractivity contribution in [3.05, 3.63) is 40.4 Å². The van der Waals surface area contributed by atoms with Gasteiger partial charge in [-0.05, 0) is 0 Å². The van der Waals surface area contributed by atoms with E-state index in [1.807, 2.05) is 13.8 Å². The number of non-ortho nitro benzene ring substituents is 1. The van der Waals surface area contributed by atoms with Crippen LogP contribution in [0.2, 0.25) is 0 Å². The minimum Gasteiger partial charge on any atom is -0.258 e. The van der Waals surface area contributed by atoms with E-state index in [-0.39, 0.29) is 5.69 Å². The third kappa shape index (κ3) is 8.71. The average molecular weight is 197 g/mol. The Kier molecular flexibility index (Phi) is 12.5. The van der Waals surface area contributed by atoms with E-state index >= 15 is 0 Å². The van der Waals surface area contributed by atoms with Crippen LogP contribution in [-0.2, 0) is 0 Å². The van der Waals surface area contributed by atoms with Gasteiger partial charge >= 0.3 is 0 Å². The summed E-state index contributed by atoms with van der Waals surface area (Å²) >= 11 is 0. The van der Waals surface area contributed by atoms with Crippen LogP contribution in [0, 0.1) is 10.1 Å². The molecule has 14 heavy (non-hydrogen) atoms. The molecule has 0 heterocycles. The molecule has 1 aromatic carbocycles. The van der Waals surface area contributed by atoms with Gasteiger partial charge in [-0.25, -0.2) is 0 Å². The lowest BCUT2D eigenvalue weighted by atomic mass is 10.3. The highest BCUT2D eigenvalue weighted by molar-refractivity contribution is 5.27. The summed E-state index contributed by atoms with van der Waals surface area (Å²) in [6.07, 6.45) is 1.25. The van der Waals surface area contributed by atoms with Crippen molar-refractivity contribution >= 4 is 5.69 Å². The molecule has 0 radical (unpaired) electrons. The topological polar surface area (TPSA) is 43.1 Å². The van der Waals surface area contributed by atoms with Crippen LogP contribution >= 0.6 is 0 Å². The molecule has 0 N–H and O–H groups in total. The molecule has 0 unspecified atom stereocenters. The van der Waals surface area contributed by atoms with Crippen molar-refractivity contribution in [1.29, 1.82) is 0 Å². The van der Waals surface area contributed by atoms with Crippen LogP contribution in [0.4, 0.5) is 5.69 Å². The van der Waals surface area contributed by atoms with E-state index in [1.165, 1.54) is 18.6 Å². The average Bonchev–Trinajstić information content (AvgIpc) is 2.23. The van der Waals surface area contributed by atoms with Gasteiger partial charge < -0.3 is 0 Å². The first-order valence-electron chi connectivity index (χ1n) is 4.91. The first kappa shape index (κ1) is 15.1. The molecular formula is C11H19NO2. The predicted octanol–water partition coefficient (Wildman–Crippen LogP) is 4.04. The van der Waals surface area contributed by atoms with E-state index in [0.29, 0.717) is 0 Å². The van der Waals surface area contributed by atoms with Gasteiger partial charge in [0.2, 0.25) is 0 Å². The molecule has 0 amide bonds. The van der Waals surface area contributed by atoms with Crippen molar-refractivity contribution in [3.8, 4) is 0 Å². The van der Waals surface area contributed by atoms with Crippen LogP contribution in [0.5, 0.6) is 0 Å². The van der Waals surface area contributed by atoms with E-state index < -0.39 is 4.92 Å². The molecule has 0 bridgehead atoms. The number of para-hydroxylation sites is 1. The van der Waals surface area contributed by atoms with E-state index in [1.54, 1.807) is 18.2 Å². The molecule has 0 aliphatic rings. The van der Waals surface area contributed by atoms with Crippen LogP contribution in [0.3, 0.4) is 0 Å². The van der Waals surface area contributed by atoms with Crippen molar-refractivity contribution in [2.24, 2.45) is 0 Å². The van der Waals surface area contributed by atoms with Gasteiger partial charge in [0, 0.05) is 12.1 Å². The number of hydrogen-bond donors (Lipinski definition) is 0. The number of benzene rings is 1. The maximum absolute atomic E-state index is 10.0. The lowest BCUT2D eigenvalue weighted by Crippen LogP contribution is -1.84. The van der Waals surface area contributed by atoms with Gasteiger partial charge in [-0.2, -0.15) is 0 Å². The fourth-order valence-electron chi connectivity index (χ4n) is 0.550. The maximum atomic E-state index is 10.0. The van der Waals surface area contributed by atoms with Crippen LogP contribution < -0.4 is 0 Å². The van der Waals surface area contributed by atoms with Gasteiger partial charge in [0.1, 0.15) is 0 Å². The van der Waals surface area contributed by atoms with Gasteiger partial charge in [-0.1, -0.05) is 52.3 Å². The largest absolute Gasteiger partial charge is 0.269 e. The number of hydrogen-bond acceptors (Lipinski definition) is 2. The summed E-state index contributed by atoms with van der Waals surface area (Å²) in [5.41, 5.74) is 0.137. The first-order valence-corrected chi connectivity index (χ1v) is 4.91. The van der Waals surface area contributed by atoms with Gasteiger partial charge in [-0.15, -0.1) is 0 Å². The fraction of sp³-hybridized carbons (Fsp3) is 0.455. The van der Waals surface area contributed by atoms with Gasteiger partial charge in [0.25, 0.3) is 5.69 Å². The molecule has 0 fully saturated rings. The Morgan fingerprint density at radius 2 is 1.50 bits per heavy atom. The van der Waals surface area contributed by atoms with Crippen molar-refractivity contribution in [2.75, 3.05) is 0 Å². The minimum absolute atomic E-state index is 0.137. The summed E-state index contributed by atoms with van der Waals surface area (Å²) < 4.78 is 0. The van der Waals surface area contributed by atoms with Gasteiger partial charge in [0.05, 0.1) is 4.92 Å². The monoisotopic (exact) mass is 197 g/mol. The lowest BCUT2D eigenvalue weighted by molar-refractivity contribution is -0.384. The molecule has 0 aromatic heterocycles. The zero-order chi connectivity index (χ0) is 11.4. The zero-order valence-electron chi connectivity index (χ0n) is 9.36. The van der Waals surface area contributed by atoms with Gasteiger partial charge in [-0.3, -0.25) is 10.1 Å². The van der Waals surface area contributed by atoms with Gasteiger partial charge in [0.15, 0.2) is 0 Å². The Hall–Kier alpha value is -1.38. The molecule has 3 heteroatoms. The van der Waals surface area contributed by atoms with E-state index in [2.05, 4.69) is 13.8 Å². The Balaban J connectivity index is 0. The highest BCUT2D eigenvalue weighted by Crippen LogP contribution is 2.06. The zero-order valence-corrected chi connectivity index (χ0v) is 9.36. The van der Waals surface area contributed by atoms with Crippen LogP contribution in [0.1, 0.15) is 34.1 Å². The molecule has 1 aromatic rings. The molecule has 0 saturated carbocycles. The molecule has 0 aliphatic heterocycles. The standard InChI is InChI=1S/C6H5NO2.C3H8.C2H6/c8-7(9)6-4-2-1-3-5-6;1-3-2;1-2/h1-5H;3H2,1-2H3;1-2H3. The quantitative estimate of drug-likeness (QED) is 0.503. The molecule has 1 rings (SSSR count). The van der Waals surface area contributed by atoms with E-state index in [4.69, 9.17) is 0 Å². The molecular weight excluding hydrogens is 178 g/mol. The summed E-state index contributed by atoms with van der Waals surface area (Å²) in [5.74, 6) is 0. The molecule has 3 nitrogen and oxygen atoms in total. The highest BCUT2D eigenvalue weighted by Gasteiger charge is 1.98. The summed E-state index contributed by atoms with van der Waals surface area (Å²) in [7, 11) is 0. The molecule has 0 atom stereocenters. The smallest absolute Gasteiger partial charge is 0.258 e. The summed E-state index contributed by atoms with van der Waals surface area (Å²) in [6, 6.07) is 7.93. The summed E-state index contributed by atoms with van der Waals surface area (Å²) in [4.78, 5) is 9.59. The number of nitrogens with zero attached hydrogens (tertiary/aromatic N) is 1. The first-order chi connectivity index (χ1) is 6.72. The molecule has 80 valence electrons. The van der Waals surface area contributed by atoms with Crippen LogP contribution in [0.25, 0.3) is 0 Å². The Bertz CT molecular complexity index is 222. The third-order valence-corrected chi connectivity index (χ3v) is 0.967. The summed E-state index contributed by atoms with van der Waals surface area (Å²) in [6.45, 7) is 8.25. The molecule has 0 spiro atoms. The summed E-state index contributed by atoms with van der Waals surface area (Å²) in [5, 5.41) is 10.0. The maximum Gasteiger partial charge on any atom is 0.269 e. The SMILES string of the molecule is CC.CCC.O=[N+]([O-])c1ccccc1. The van der Waals surface area contributed by atoms with Crippen molar-refractivity contribution < 1.29 is 4.92 Å². The normalized spacial score (nSPS) is 7.43. The van der Waals surface area contributed by atoms with Crippen LogP contribution in [-0.4, -0.2) is 4.92 Å². The second kappa shape index (κ2) is 11.6. The van der Waals surface area contributed by atoms with E-state index in [0.717, 1.165) is 0 Å². The van der Waals surface area contributed by atoms with Crippen molar-refractivity contribution in [1.82, 2.24) is 0 Å². The second-order valence-electron chi connectivity index (χ2n) is 2.30. The third-order valence-electron chi connectivity index (χ3n) is 0.967. The second-order valence-corrected chi connectivity index (χ2v) is 2.30. The number of nitro benzene ring substituents is 1. The number of nitro groups is 1. The van der Waals surface area contributed by atoms with Crippen molar-refractivity contribution in [2.45, 2.75) is 34.1 Å². The van der Waals surface area contributed by atoms with E-state index in [9.17, 15) is 10.1 Å². The predicted molar refractivity (Wildman–Crippen MR) is 60.4 cm³/mol. The molecule has 0 aliphatic carbocycles. The Morgan fingerprint density at radius 3 is 1.71 bits per heavy atom. The fourth-order valence-corrected chi connectivity index (χ4v) is 0.550. The lowest BCUT2D eigenvalue weighted by Gasteiger charge is -1.85. The Labute approximate surface area is 85.9 Å². The Morgan fingerprint density at radius 1 is 1.14 bits per heavy atom.